The molecule has 150 valence electrons. The average molecular weight is 390 g/mol. The third-order valence-electron chi connectivity index (χ3n) is 5.37. The van der Waals surface area contributed by atoms with E-state index in [1.807, 2.05) is 12.1 Å². The quantitative estimate of drug-likeness (QED) is 0.633. The molecular formula is C24H26N2O3. The third kappa shape index (κ3) is 4.87. The molecule has 1 fully saturated rings. The van der Waals surface area contributed by atoms with Gasteiger partial charge in [-0.05, 0) is 36.6 Å². The highest BCUT2D eigenvalue weighted by Crippen LogP contribution is 2.27. The number of benzene rings is 2. The van der Waals surface area contributed by atoms with Crippen LogP contribution in [-0.2, 0) is 0 Å². The minimum Gasteiger partial charge on any atom is -0.497 e. The minimum atomic E-state index is -0.339. The van der Waals surface area contributed by atoms with Crippen LogP contribution in [0.2, 0.25) is 0 Å². The summed E-state index contributed by atoms with van der Waals surface area (Å²) in [5.41, 5.74) is 2.28. The van der Waals surface area contributed by atoms with Crippen LogP contribution >= 0.6 is 0 Å². The predicted octanol–water partition coefficient (Wildman–Crippen LogP) is 4.39. The molecule has 1 aromatic heterocycles. The van der Waals surface area contributed by atoms with E-state index in [9.17, 15) is 4.79 Å². The molecule has 2 aromatic carbocycles. The number of likely N-dealkylation sites (tertiary alicyclic amines) is 1. The van der Waals surface area contributed by atoms with Crippen LogP contribution in [0.4, 0.5) is 5.69 Å². The first kappa shape index (κ1) is 19.3. The van der Waals surface area contributed by atoms with Crippen LogP contribution in [0.3, 0.4) is 0 Å². The van der Waals surface area contributed by atoms with Crippen molar-refractivity contribution in [3.63, 3.8) is 0 Å². The zero-order valence-corrected chi connectivity index (χ0v) is 16.6. The molecule has 0 amide bonds. The van der Waals surface area contributed by atoms with Crippen molar-refractivity contribution in [3.8, 4) is 5.75 Å². The lowest BCUT2D eigenvalue weighted by Gasteiger charge is -2.32. The predicted molar refractivity (Wildman–Crippen MR) is 118 cm³/mol. The molecule has 29 heavy (non-hydrogen) atoms. The Hall–Kier alpha value is -3.05. The fraction of sp³-hybridized carbons (Fsp3) is 0.292. The molecule has 0 aliphatic carbocycles. The first-order valence-corrected chi connectivity index (χ1v) is 10.0. The van der Waals surface area contributed by atoms with Gasteiger partial charge in [0.25, 0.3) is 0 Å². The molecule has 0 unspecified atom stereocenters. The Morgan fingerprint density at radius 3 is 2.69 bits per heavy atom. The summed E-state index contributed by atoms with van der Waals surface area (Å²) >= 11 is 0. The van der Waals surface area contributed by atoms with E-state index in [-0.39, 0.29) is 5.63 Å². The first-order chi connectivity index (χ1) is 14.2. The van der Waals surface area contributed by atoms with Gasteiger partial charge in [-0.25, -0.2) is 4.79 Å². The molecule has 0 atom stereocenters. The van der Waals surface area contributed by atoms with E-state index in [0.29, 0.717) is 11.6 Å². The summed E-state index contributed by atoms with van der Waals surface area (Å²) in [5.74, 6) is 0.745. The van der Waals surface area contributed by atoms with Crippen molar-refractivity contribution in [1.82, 2.24) is 4.90 Å². The molecule has 1 aliphatic rings. The second-order valence-corrected chi connectivity index (χ2v) is 7.37. The summed E-state index contributed by atoms with van der Waals surface area (Å²) in [6.45, 7) is 3.01. The van der Waals surface area contributed by atoms with Gasteiger partial charge < -0.3 is 14.5 Å². The van der Waals surface area contributed by atoms with Gasteiger partial charge in [0.2, 0.25) is 0 Å². The summed E-state index contributed by atoms with van der Waals surface area (Å²) in [4.78, 5) is 14.4. The van der Waals surface area contributed by atoms with E-state index in [1.54, 1.807) is 19.2 Å². The molecule has 1 N–H and O–H groups in total. The molecule has 0 spiro atoms. The van der Waals surface area contributed by atoms with Gasteiger partial charge in [0.05, 0.1) is 12.8 Å². The molecule has 0 bridgehead atoms. The lowest BCUT2D eigenvalue weighted by Crippen LogP contribution is -2.39. The Balaban J connectivity index is 1.37. The highest BCUT2D eigenvalue weighted by molar-refractivity contribution is 5.90. The summed E-state index contributed by atoms with van der Waals surface area (Å²) in [7, 11) is 1.63. The lowest BCUT2D eigenvalue weighted by atomic mass is 10.0. The maximum atomic E-state index is 11.9. The molecule has 5 nitrogen and oxygen atoms in total. The third-order valence-corrected chi connectivity index (χ3v) is 5.37. The van der Waals surface area contributed by atoms with E-state index in [2.05, 4.69) is 46.6 Å². The molecule has 3 aromatic rings. The van der Waals surface area contributed by atoms with Gasteiger partial charge >= 0.3 is 5.63 Å². The van der Waals surface area contributed by atoms with Gasteiger partial charge in [0.1, 0.15) is 11.3 Å². The minimum absolute atomic E-state index is 0.334. The molecule has 0 radical (unpaired) electrons. The Labute approximate surface area is 170 Å². The van der Waals surface area contributed by atoms with Gasteiger partial charge in [-0.15, -0.1) is 0 Å². The molecular weight excluding hydrogens is 364 g/mol. The maximum absolute atomic E-state index is 11.9. The lowest BCUT2D eigenvalue weighted by molar-refractivity contribution is 0.240. The summed E-state index contributed by atoms with van der Waals surface area (Å²) in [6, 6.07) is 17.7. The molecule has 0 saturated carbocycles. The SMILES string of the molecule is COc1ccc2oc(=O)cc(NC3CCN(CC=Cc4ccccc4)CC3)c2c1. The van der Waals surface area contributed by atoms with Gasteiger partial charge in [0.15, 0.2) is 0 Å². The number of hydrogen-bond acceptors (Lipinski definition) is 5. The smallest absolute Gasteiger partial charge is 0.338 e. The number of piperidine rings is 1. The first-order valence-electron chi connectivity index (χ1n) is 10.0. The summed E-state index contributed by atoms with van der Waals surface area (Å²) < 4.78 is 10.6. The van der Waals surface area contributed by atoms with Crippen LogP contribution in [0, 0.1) is 0 Å². The molecule has 2 heterocycles. The Kier molecular flexibility index (Phi) is 5.96. The zero-order chi connectivity index (χ0) is 20.1. The fourth-order valence-corrected chi connectivity index (χ4v) is 3.77. The highest BCUT2D eigenvalue weighted by atomic mass is 16.5. The van der Waals surface area contributed by atoms with E-state index in [1.165, 1.54) is 11.6 Å². The van der Waals surface area contributed by atoms with Crippen molar-refractivity contribution < 1.29 is 9.15 Å². The van der Waals surface area contributed by atoms with Crippen molar-refractivity contribution in [2.75, 3.05) is 32.1 Å². The van der Waals surface area contributed by atoms with Gasteiger partial charge in [0, 0.05) is 37.1 Å². The average Bonchev–Trinajstić information content (AvgIpc) is 2.75. The number of ether oxygens (including phenoxy) is 1. The second kappa shape index (κ2) is 8.97. The van der Waals surface area contributed by atoms with Crippen molar-refractivity contribution >= 4 is 22.7 Å². The van der Waals surface area contributed by atoms with Crippen molar-refractivity contribution in [1.29, 1.82) is 0 Å². The van der Waals surface area contributed by atoms with Crippen LogP contribution in [0.25, 0.3) is 17.0 Å². The molecule has 1 aliphatic heterocycles. The van der Waals surface area contributed by atoms with Gasteiger partial charge in [-0.3, -0.25) is 4.90 Å². The zero-order valence-electron chi connectivity index (χ0n) is 16.6. The monoisotopic (exact) mass is 390 g/mol. The number of fused-ring (bicyclic) bond motifs is 1. The van der Waals surface area contributed by atoms with Crippen LogP contribution in [0.15, 0.2) is 69.9 Å². The number of hydrogen-bond donors (Lipinski definition) is 1. The van der Waals surface area contributed by atoms with Crippen molar-refractivity contribution in [3.05, 3.63) is 76.7 Å². The van der Waals surface area contributed by atoms with Crippen molar-refractivity contribution in [2.24, 2.45) is 0 Å². The number of nitrogens with one attached hydrogen (secondary N) is 1. The second-order valence-electron chi connectivity index (χ2n) is 7.37. The molecule has 5 heteroatoms. The van der Waals surface area contributed by atoms with E-state index in [4.69, 9.17) is 9.15 Å². The Morgan fingerprint density at radius 2 is 1.93 bits per heavy atom. The van der Waals surface area contributed by atoms with Crippen LogP contribution in [0.1, 0.15) is 18.4 Å². The Bertz CT molecular complexity index is 1030. The van der Waals surface area contributed by atoms with E-state index in [0.717, 1.165) is 49.3 Å². The molecule has 1 saturated heterocycles. The maximum Gasteiger partial charge on any atom is 0.338 e. The topological polar surface area (TPSA) is 54.7 Å². The van der Waals surface area contributed by atoms with Crippen LogP contribution in [-0.4, -0.2) is 37.7 Å². The standard InChI is InChI=1S/C24H26N2O3/c1-28-20-9-10-23-21(16-20)22(17-24(27)29-23)25-19-11-14-26(15-12-19)13-5-8-18-6-3-2-4-7-18/h2-10,16-17,19,25H,11-15H2,1H3. The summed E-state index contributed by atoms with van der Waals surface area (Å²) in [5, 5.41) is 4.43. The van der Waals surface area contributed by atoms with Crippen molar-refractivity contribution in [2.45, 2.75) is 18.9 Å². The number of anilines is 1. The number of nitrogens with zero attached hydrogens (tertiary/aromatic N) is 1. The normalized spacial score (nSPS) is 15.8. The van der Waals surface area contributed by atoms with Crippen LogP contribution < -0.4 is 15.7 Å². The molecule has 4 rings (SSSR count). The van der Waals surface area contributed by atoms with Gasteiger partial charge in [-0.2, -0.15) is 0 Å². The largest absolute Gasteiger partial charge is 0.497 e. The highest BCUT2D eigenvalue weighted by Gasteiger charge is 2.19. The Morgan fingerprint density at radius 1 is 1.14 bits per heavy atom. The van der Waals surface area contributed by atoms with E-state index < -0.39 is 0 Å². The number of rotatable bonds is 6. The fourth-order valence-electron chi connectivity index (χ4n) is 3.77. The van der Waals surface area contributed by atoms with Gasteiger partial charge in [-0.1, -0.05) is 42.5 Å². The number of methoxy groups -OCH3 is 1. The van der Waals surface area contributed by atoms with Crippen LogP contribution in [0.5, 0.6) is 5.75 Å². The van der Waals surface area contributed by atoms with E-state index >= 15 is 0 Å². The summed E-state index contributed by atoms with van der Waals surface area (Å²) in [6.07, 6.45) is 6.47.